The second kappa shape index (κ2) is 54.2. The first-order valence-corrected chi connectivity index (χ1v) is 56.7. The van der Waals surface area contributed by atoms with Gasteiger partial charge in [0.15, 0.2) is 16.2 Å². The minimum absolute atomic E-state index is 0.00239. The molecule has 6 N–H and O–H groups in total. The van der Waals surface area contributed by atoms with Crippen molar-refractivity contribution < 1.29 is 117 Å². The number of nitrogens with zero attached hydrogens (tertiary/aromatic N) is 6. The molecule has 0 unspecified atom stereocenters. The van der Waals surface area contributed by atoms with Crippen molar-refractivity contribution in [2.45, 2.75) is 611 Å². The molecule has 0 radical (unpaired) electrons. The van der Waals surface area contributed by atoms with Crippen LogP contribution in [0.3, 0.4) is 0 Å². The van der Waals surface area contributed by atoms with E-state index in [0.29, 0.717) is 135 Å². The molecule has 1 aromatic rings. The minimum Gasteiger partial charge on any atom is -0.462 e. The molecular weight excluding hydrogens is 1860 g/mol. The Bertz CT molecular complexity index is 3860. The molecule has 0 bridgehead atoms. The van der Waals surface area contributed by atoms with E-state index >= 15 is 9.59 Å². The van der Waals surface area contributed by atoms with Gasteiger partial charge in [-0.3, -0.25) is 28.8 Å². The van der Waals surface area contributed by atoms with Crippen molar-refractivity contribution >= 4 is 53.7 Å². The van der Waals surface area contributed by atoms with E-state index in [2.05, 4.69) is 6.92 Å². The minimum atomic E-state index is -1.55. The lowest BCUT2D eigenvalue weighted by molar-refractivity contribution is -0.263. The first-order valence-electron chi connectivity index (χ1n) is 56.7. The number of hydrogen-bond acceptors (Lipinski definition) is 30. The van der Waals surface area contributed by atoms with Gasteiger partial charge in [0.1, 0.15) is 36.6 Å². The molecule has 0 aromatic heterocycles. The van der Waals surface area contributed by atoms with E-state index < -0.39 is 173 Å². The third-order valence-electron chi connectivity index (χ3n) is 32.8. The van der Waals surface area contributed by atoms with Crippen molar-refractivity contribution in [1.82, 2.24) is 30.4 Å². The molecule has 146 heavy (non-hydrogen) atoms. The molecular formula is C116H202N6O24. The second-order valence-electron chi connectivity index (χ2n) is 52.4. The van der Waals surface area contributed by atoms with Crippen LogP contribution in [-0.4, -0.2) is 238 Å². The van der Waals surface area contributed by atoms with Gasteiger partial charge in [0.2, 0.25) is 0 Å². The van der Waals surface area contributed by atoms with Crippen molar-refractivity contribution in [1.29, 1.82) is 0 Å². The maximum atomic E-state index is 15.0. The van der Waals surface area contributed by atoms with Crippen LogP contribution >= 0.6 is 0 Å². The van der Waals surface area contributed by atoms with Crippen LogP contribution in [0, 0.1) is 16.2 Å². The molecule has 0 atom stereocenters. The van der Waals surface area contributed by atoms with Gasteiger partial charge in [-0.25, -0.2) is 14.4 Å². The summed E-state index contributed by atoms with van der Waals surface area (Å²) in [6, 6.07) is 4.18. The quantitative estimate of drug-likeness (QED) is 0.0153. The van der Waals surface area contributed by atoms with Crippen LogP contribution in [0.4, 0.5) is 0 Å². The number of esters is 9. The number of carbonyl (C=O) groups is 9. The number of hydrogen-bond donors (Lipinski definition) is 6. The number of unbranched alkanes of at least 4 members (excludes halogenated alkanes) is 26. The number of ether oxygens (including phenoxy) is 9. The molecule has 1 aromatic carbocycles. The Kier molecular flexibility index (Phi) is 47.1. The third-order valence-corrected chi connectivity index (χ3v) is 32.8. The monoisotopic (exact) mass is 2060 g/mol. The average Bonchev–Trinajstić information content (AvgIpc) is 0.785. The summed E-state index contributed by atoms with van der Waals surface area (Å²) >= 11 is 0. The molecule has 0 spiro atoms. The van der Waals surface area contributed by atoms with E-state index in [1.54, 1.807) is 0 Å². The molecule has 30 heteroatoms. The van der Waals surface area contributed by atoms with E-state index in [4.69, 9.17) is 42.6 Å². The largest absolute Gasteiger partial charge is 0.462 e. The van der Waals surface area contributed by atoms with Crippen molar-refractivity contribution in [2.24, 2.45) is 16.2 Å². The molecule has 0 aliphatic carbocycles. The van der Waals surface area contributed by atoms with Gasteiger partial charge < -0.3 is 73.9 Å². The van der Waals surface area contributed by atoms with E-state index in [-0.39, 0.29) is 75.0 Å². The number of rotatable bonds is 59. The molecule has 6 saturated heterocycles. The standard InChI is InChI=1S/C116H202N6O24/c1-28-31-53-62-116(100(130)145-91-80-110(20,21)121(136)111(22,23)81-91,101(131)146-92-82-112(24,25)122(137)113(26,27)83-92)65-56-49-41-35-34-38-44-50-57-66-138-93(123)84-69-85(94(124)139-67-58-51-45-39-36-42-47-54-63-114(60-32-29-2,96(126)141-87-72-102(4,5)117(132)103(6,7)73-87)97(127)142-88-74-104(8,9)118(133)105(10,11)75-88)71-86(70-84)95(125)140-68-59-52-46-40-37-43-48-55-64-115(61-33-30-3,98(128)143-89-76-106(12,13)119(134)107(14,15)77-89)99(129)144-90-78-108(16,17)120(135)109(18,19)79-90/h69-71,87-92,132-137H,28-68,72-83H2,1-27H3. The molecule has 6 fully saturated rings. The van der Waals surface area contributed by atoms with Crippen LogP contribution in [0.2, 0.25) is 0 Å². The predicted molar refractivity (Wildman–Crippen MR) is 562 cm³/mol. The Balaban J connectivity index is 0.942. The zero-order valence-electron chi connectivity index (χ0n) is 95.9. The summed E-state index contributed by atoms with van der Waals surface area (Å²) in [7, 11) is 0. The first-order chi connectivity index (χ1) is 67.8. The van der Waals surface area contributed by atoms with E-state index in [1.807, 2.05) is 180 Å². The number of benzene rings is 1. The van der Waals surface area contributed by atoms with E-state index in [9.17, 15) is 64.8 Å². The average molecular weight is 2060 g/mol. The van der Waals surface area contributed by atoms with Crippen LogP contribution < -0.4 is 0 Å². The Morgan fingerprint density at radius 1 is 0.219 bits per heavy atom. The third kappa shape index (κ3) is 35.0. The Morgan fingerprint density at radius 2 is 0.349 bits per heavy atom. The first kappa shape index (κ1) is 127. The topological polar surface area (TPSA) is 378 Å². The van der Waals surface area contributed by atoms with Crippen LogP contribution in [0.5, 0.6) is 0 Å². The predicted octanol–water partition coefficient (Wildman–Crippen LogP) is 25.7. The smallest absolute Gasteiger partial charge is 0.338 e. The molecule has 30 nitrogen and oxygen atoms in total. The van der Waals surface area contributed by atoms with Gasteiger partial charge in [-0.1, -0.05) is 207 Å². The highest BCUT2D eigenvalue weighted by molar-refractivity contribution is 6.03. The summed E-state index contributed by atoms with van der Waals surface area (Å²) in [6.07, 6.45) is 27.6. The zero-order valence-corrected chi connectivity index (χ0v) is 95.9. The highest BCUT2D eigenvalue weighted by Crippen LogP contribution is 2.50. The molecule has 7 rings (SSSR count). The van der Waals surface area contributed by atoms with Gasteiger partial charge in [-0.15, -0.1) is 0 Å². The molecule has 0 saturated carbocycles. The fourth-order valence-corrected chi connectivity index (χ4v) is 25.3. The lowest BCUT2D eigenvalue weighted by Gasteiger charge is -2.51. The van der Waals surface area contributed by atoms with Gasteiger partial charge in [-0.05, 0) is 242 Å². The summed E-state index contributed by atoms with van der Waals surface area (Å²) in [5.74, 6) is -5.58. The Hall–Kier alpha value is -6.03. The van der Waals surface area contributed by atoms with Crippen molar-refractivity contribution in [3.63, 3.8) is 0 Å². The van der Waals surface area contributed by atoms with Crippen molar-refractivity contribution in [3.8, 4) is 0 Å². The van der Waals surface area contributed by atoms with Gasteiger partial charge in [0, 0.05) is 144 Å². The second-order valence-corrected chi connectivity index (χ2v) is 52.4. The maximum absolute atomic E-state index is 15.0. The maximum Gasteiger partial charge on any atom is 0.338 e. The van der Waals surface area contributed by atoms with Crippen LogP contribution in [0.25, 0.3) is 0 Å². The van der Waals surface area contributed by atoms with Crippen molar-refractivity contribution in [2.75, 3.05) is 19.8 Å². The van der Waals surface area contributed by atoms with Gasteiger partial charge in [-0.2, -0.15) is 30.4 Å². The SMILES string of the molecule is CCCCCC(CCCCCCCCCCCOC(=O)c1cc(C(=O)OCCCCCCCCCCC(CCCC)(C(=O)OC2CC(C)(C)N(O)C(C)(C)C2)C(=O)OC2CC(C)(C)N(O)C(C)(C)C2)cc(C(=O)OCCCCCCCCCCC(CCCC)(C(=O)OC2CC(C)(C)N(O)C(C)(C)C2)C(=O)OC2CC(C)(C)N(O)C(C)(C)C2)c1)(C(=O)OC1CC(C)(C)N(O)C(C)(C)C1)C(=O)OC1CC(C)(C)N(O)C(C)(C)C1. The molecule has 6 aliphatic rings. The zero-order chi connectivity index (χ0) is 109. The van der Waals surface area contributed by atoms with E-state index in [1.165, 1.54) is 48.6 Å². The fourth-order valence-electron chi connectivity index (χ4n) is 25.3. The lowest BCUT2D eigenvalue weighted by Crippen LogP contribution is -2.61. The summed E-state index contributed by atoms with van der Waals surface area (Å²) < 4.78 is 56.2. The fraction of sp³-hybridized carbons (Fsp3) is 0.871. The summed E-state index contributed by atoms with van der Waals surface area (Å²) in [6.45, 7) is 52.4. The van der Waals surface area contributed by atoms with Crippen LogP contribution in [0.15, 0.2) is 18.2 Å². The van der Waals surface area contributed by atoms with Gasteiger partial charge in [0.05, 0.1) is 36.5 Å². The van der Waals surface area contributed by atoms with Crippen LogP contribution in [-0.2, 0) is 71.4 Å². The number of carbonyl (C=O) groups excluding carboxylic acids is 9. The molecule has 840 valence electrons. The number of piperidine rings is 6. The number of hydroxylamine groups is 12. The van der Waals surface area contributed by atoms with Crippen LogP contribution in [0.1, 0.15) is 539 Å². The Morgan fingerprint density at radius 3 is 0.500 bits per heavy atom. The van der Waals surface area contributed by atoms with Gasteiger partial charge in [0.25, 0.3) is 0 Å². The highest BCUT2D eigenvalue weighted by atomic mass is 16.6. The lowest BCUT2D eigenvalue weighted by atomic mass is 9.76. The normalized spacial score (nSPS) is 21.6. The highest BCUT2D eigenvalue weighted by Gasteiger charge is 2.60. The summed E-state index contributed by atoms with van der Waals surface area (Å²) in [4.78, 5) is 132. The molecule has 0 amide bonds. The molecule has 6 aliphatic heterocycles. The van der Waals surface area contributed by atoms with Crippen molar-refractivity contribution in [3.05, 3.63) is 34.9 Å². The summed E-state index contributed by atoms with van der Waals surface area (Å²) in [5.41, 5.74) is -13.0. The molecule has 6 heterocycles. The summed E-state index contributed by atoms with van der Waals surface area (Å²) in [5, 5.41) is 74.9. The van der Waals surface area contributed by atoms with Gasteiger partial charge >= 0.3 is 53.7 Å². The van der Waals surface area contributed by atoms with E-state index in [0.717, 1.165) is 148 Å². The Labute approximate surface area is 878 Å².